The molecule has 0 radical (unpaired) electrons. The zero-order chi connectivity index (χ0) is 13.8. The molecule has 1 aromatic heterocycles. The van der Waals surface area contributed by atoms with E-state index < -0.39 is 0 Å². The van der Waals surface area contributed by atoms with E-state index in [1.165, 1.54) is 6.07 Å². The van der Waals surface area contributed by atoms with Gasteiger partial charge in [0.1, 0.15) is 11.6 Å². The van der Waals surface area contributed by atoms with E-state index in [1.54, 1.807) is 17.7 Å². The molecule has 0 saturated carbocycles. The summed E-state index contributed by atoms with van der Waals surface area (Å²) in [6.07, 6.45) is 0. The molecule has 0 spiro atoms. The lowest BCUT2D eigenvalue weighted by Gasteiger charge is -2.09. The Morgan fingerprint density at radius 3 is 2.79 bits per heavy atom. The van der Waals surface area contributed by atoms with Crippen molar-refractivity contribution in [2.24, 2.45) is 5.73 Å². The molecule has 2 N–H and O–H groups in total. The topological polar surface area (TPSA) is 66.0 Å². The molecule has 19 heavy (non-hydrogen) atoms. The third kappa shape index (κ3) is 2.80. The molecule has 5 nitrogen and oxygen atoms in total. The van der Waals surface area contributed by atoms with Gasteiger partial charge in [-0.25, -0.2) is 4.39 Å². The highest BCUT2D eigenvalue weighted by Crippen LogP contribution is 2.22. The minimum absolute atomic E-state index is 0.254. The van der Waals surface area contributed by atoms with Crippen molar-refractivity contribution < 1.29 is 9.13 Å². The van der Waals surface area contributed by atoms with Crippen LogP contribution in [0.2, 0.25) is 0 Å². The number of hydrogen-bond acceptors (Lipinski definition) is 4. The second-order valence-electron chi connectivity index (χ2n) is 4.27. The van der Waals surface area contributed by atoms with Crippen LogP contribution in [0.1, 0.15) is 11.4 Å². The molecular formula is C13H17FN4O. The van der Waals surface area contributed by atoms with Crippen LogP contribution in [0.5, 0.6) is 0 Å². The summed E-state index contributed by atoms with van der Waals surface area (Å²) in [6, 6.07) is 5.03. The van der Waals surface area contributed by atoms with Gasteiger partial charge in [-0.2, -0.15) is 0 Å². The first-order chi connectivity index (χ1) is 9.17. The van der Waals surface area contributed by atoms with E-state index in [-0.39, 0.29) is 12.4 Å². The first kappa shape index (κ1) is 13.6. The molecule has 0 amide bonds. The van der Waals surface area contributed by atoms with E-state index in [9.17, 15) is 4.39 Å². The van der Waals surface area contributed by atoms with Crippen LogP contribution in [0, 0.1) is 12.7 Å². The summed E-state index contributed by atoms with van der Waals surface area (Å²) in [5.74, 6) is 0.789. The molecule has 0 aliphatic rings. The fourth-order valence-corrected chi connectivity index (χ4v) is 1.90. The van der Waals surface area contributed by atoms with Gasteiger partial charge in [0.25, 0.3) is 0 Å². The van der Waals surface area contributed by atoms with Crippen LogP contribution < -0.4 is 5.73 Å². The summed E-state index contributed by atoms with van der Waals surface area (Å²) in [5.41, 5.74) is 6.91. The monoisotopic (exact) mass is 264 g/mol. The lowest BCUT2D eigenvalue weighted by molar-refractivity contribution is 0.186. The van der Waals surface area contributed by atoms with Gasteiger partial charge < -0.3 is 15.0 Å². The minimum atomic E-state index is -0.311. The molecule has 0 aliphatic heterocycles. The highest BCUT2D eigenvalue weighted by Gasteiger charge is 2.15. The Hall–Kier alpha value is -1.79. The van der Waals surface area contributed by atoms with Crippen LogP contribution in [-0.2, 0) is 17.8 Å². The van der Waals surface area contributed by atoms with Gasteiger partial charge in [0, 0.05) is 13.7 Å². The molecule has 2 rings (SSSR count). The summed E-state index contributed by atoms with van der Waals surface area (Å²) in [4.78, 5) is 0. The SMILES string of the molecule is COCCn1c(CN)nnc1-c1ccc(C)cc1F. The van der Waals surface area contributed by atoms with E-state index in [0.717, 1.165) is 5.56 Å². The van der Waals surface area contributed by atoms with Crippen molar-refractivity contribution >= 4 is 0 Å². The summed E-state index contributed by atoms with van der Waals surface area (Å²) in [7, 11) is 1.61. The van der Waals surface area contributed by atoms with Gasteiger partial charge in [-0.3, -0.25) is 0 Å². The van der Waals surface area contributed by atoms with Crippen molar-refractivity contribution in [1.82, 2.24) is 14.8 Å². The van der Waals surface area contributed by atoms with Crippen molar-refractivity contribution in [1.29, 1.82) is 0 Å². The summed E-state index contributed by atoms with van der Waals surface area (Å²) >= 11 is 0. The van der Waals surface area contributed by atoms with Gasteiger partial charge in [0.05, 0.1) is 18.7 Å². The summed E-state index contributed by atoms with van der Waals surface area (Å²) in [6.45, 7) is 3.13. The zero-order valence-corrected chi connectivity index (χ0v) is 11.1. The highest BCUT2D eigenvalue weighted by molar-refractivity contribution is 5.57. The maximum atomic E-state index is 14.0. The van der Waals surface area contributed by atoms with Crippen LogP contribution in [0.3, 0.4) is 0 Å². The van der Waals surface area contributed by atoms with Crippen LogP contribution in [0.25, 0.3) is 11.4 Å². The van der Waals surface area contributed by atoms with Gasteiger partial charge in [-0.15, -0.1) is 10.2 Å². The van der Waals surface area contributed by atoms with Crippen LogP contribution in [-0.4, -0.2) is 28.5 Å². The first-order valence-corrected chi connectivity index (χ1v) is 6.05. The number of nitrogens with zero attached hydrogens (tertiary/aromatic N) is 3. The summed E-state index contributed by atoms with van der Waals surface area (Å²) in [5, 5.41) is 8.03. The van der Waals surface area contributed by atoms with Gasteiger partial charge in [0.15, 0.2) is 5.82 Å². The number of aryl methyl sites for hydroxylation is 1. The van der Waals surface area contributed by atoms with E-state index in [0.29, 0.717) is 30.4 Å². The smallest absolute Gasteiger partial charge is 0.167 e. The summed E-state index contributed by atoms with van der Waals surface area (Å²) < 4.78 is 20.8. The predicted octanol–water partition coefficient (Wildman–Crippen LogP) is 1.50. The van der Waals surface area contributed by atoms with Crippen molar-refractivity contribution in [3.63, 3.8) is 0 Å². The molecule has 0 fully saturated rings. The lowest BCUT2D eigenvalue weighted by Crippen LogP contribution is -2.13. The number of ether oxygens (including phenoxy) is 1. The number of aromatic nitrogens is 3. The molecule has 0 atom stereocenters. The molecule has 0 bridgehead atoms. The Labute approximate surface area is 111 Å². The Morgan fingerprint density at radius 1 is 1.37 bits per heavy atom. The van der Waals surface area contributed by atoms with Gasteiger partial charge in [0.2, 0.25) is 0 Å². The maximum Gasteiger partial charge on any atom is 0.167 e. The Bertz CT molecular complexity index is 568. The fraction of sp³-hybridized carbons (Fsp3) is 0.385. The molecule has 0 aliphatic carbocycles. The number of nitrogens with two attached hydrogens (primary N) is 1. The van der Waals surface area contributed by atoms with Crippen molar-refractivity contribution in [3.05, 3.63) is 35.4 Å². The molecule has 0 unspecified atom stereocenters. The zero-order valence-electron chi connectivity index (χ0n) is 11.1. The number of hydrogen-bond donors (Lipinski definition) is 1. The maximum absolute atomic E-state index is 14.0. The minimum Gasteiger partial charge on any atom is -0.383 e. The largest absolute Gasteiger partial charge is 0.383 e. The second-order valence-corrected chi connectivity index (χ2v) is 4.27. The molecular weight excluding hydrogens is 247 g/mol. The van der Waals surface area contributed by atoms with Crippen LogP contribution in [0.15, 0.2) is 18.2 Å². The fourth-order valence-electron chi connectivity index (χ4n) is 1.90. The third-order valence-corrected chi connectivity index (χ3v) is 2.89. The molecule has 2 aromatic rings. The Balaban J connectivity index is 2.46. The van der Waals surface area contributed by atoms with Crippen LogP contribution in [0.4, 0.5) is 4.39 Å². The lowest BCUT2D eigenvalue weighted by atomic mass is 10.1. The van der Waals surface area contributed by atoms with E-state index in [4.69, 9.17) is 10.5 Å². The highest BCUT2D eigenvalue weighted by atomic mass is 19.1. The van der Waals surface area contributed by atoms with Crippen LogP contribution >= 0.6 is 0 Å². The quantitative estimate of drug-likeness (QED) is 0.888. The third-order valence-electron chi connectivity index (χ3n) is 2.89. The van der Waals surface area contributed by atoms with Gasteiger partial charge >= 0.3 is 0 Å². The number of rotatable bonds is 5. The number of methoxy groups -OCH3 is 1. The number of halogens is 1. The normalized spacial score (nSPS) is 10.9. The van der Waals surface area contributed by atoms with Crippen molar-refractivity contribution in [2.75, 3.05) is 13.7 Å². The average molecular weight is 264 g/mol. The molecule has 0 saturated heterocycles. The molecule has 1 aromatic carbocycles. The predicted molar refractivity (Wildman–Crippen MR) is 69.9 cm³/mol. The number of benzene rings is 1. The van der Waals surface area contributed by atoms with E-state index >= 15 is 0 Å². The molecule has 6 heteroatoms. The Morgan fingerprint density at radius 2 is 2.16 bits per heavy atom. The standard InChI is InChI=1S/C13H17FN4O/c1-9-3-4-10(11(14)7-9)13-17-16-12(8-15)18(13)5-6-19-2/h3-4,7H,5-6,8,15H2,1-2H3. The van der Waals surface area contributed by atoms with E-state index in [2.05, 4.69) is 10.2 Å². The Kier molecular flexibility index (Phi) is 4.24. The molecule has 1 heterocycles. The second kappa shape index (κ2) is 5.90. The van der Waals surface area contributed by atoms with Gasteiger partial charge in [-0.05, 0) is 24.6 Å². The van der Waals surface area contributed by atoms with Crippen molar-refractivity contribution in [3.8, 4) is 11.4 Å². The van der Waals surface area contributed by atoms with Crippen molar-refractivity contribution in [2.45, 2.75) is 20.0 Å². The molecule has 102 valence electrons. The first-order valence-electron chi connectivity index (χ1n) is 6.05. The van der Waals surface area contributed by atoms with Gasteiger partial charge in [-0.1, -0.05) is 6.07 Å². The average Bonchev–Trinajstić information content (AvgIpc) is 2.79. The van der Waals surface area contributed by atoms with E-state index in [1.807, 2.05) is 13.0 Å².